The molecule has 1 saturated heterocycles. The SMILES string of the molecule is Cc1cccc(/C=C/NC(=O)N2C(C)CCCC2C)c1. The van der Waals surface area contributed by atoms with Gasteiger partial charge in [-0.25, -0.2) is 4.79 Å². The van der Waals surface area contributed by atoms with Crippen molar-refractivity contribution in [1.29, 1.82) is 0 Å². The van der Waals surface area contributed by atoms with Crippen molar-refractivity contribution in [1.82, 2.24) is 10.2 Å². The van der Waals surface area contributed by atoms with Crippen molar-refractivity contribution < 1.29 is 4.79 Å². The molecule has 1 fully saturated rings. The predicted octanol–water partition coefficient (Wildman–Crippen LogP) is 3.94. The van der Waals surface area contributed by atoms with Gasteiger partial charge in [-0.15, -0.1) is 0 Å². The van der Waals surface area contributed by atoms with Crippen LogP contribution in [-0.2, 0) is 0 Å². The lowest BCUT2D eigenvalue weighted by Crippen LogP contribution is -2.50. The number of rotatable bonds is 2. The molecule has 0 spiro atoms. The molecule has 0 aliphatic carbocycles. The molecule has 0 bridgehead atoms. The molecule has 2 amide bonds. The molecule has 3 nitrogen and oxygen atoms in total. The molecular formula is C17H24N2O. The van der Waals surface area contributed by atoms with E-state index in [1.807, 2.05) is 23.1 Å². The van der Waals surface area contributed by atoms with Gasteiger partial charge in [-0.1, -0.05) is 29.8 Å². The Morgan fingerprint density at radius 1 is 1.30 bits per heavy atom. The number of nitrogens with zero attached hydrogens (tertiary/aromatic N) is 1. The van der Waals surface area contributed by atoms with Gasteiger partial charge in [-0.3, -0.25) is 0 Å². The fraction of sp³-hybridized carbons (Fsp3) is 0.471. The van der Waals surface area contributed by atoms with Crippen LogP contribution in [0.2, 0.25) is 0 Å². The lowest BCUT2D eigenvalue weighted by molar-refractivity contribution is 0.126. The number of amides is 2. The molecule has 0 saturated carbocycles. The van der Waals surface area contributed by atoms with E-state index in [-0.39, 0.29) is 6.03 Å². The molecule has 20 heavy (non-hydrogen) atoms. The molecule has 108 valence electrons. The summed E-state index contributed by atoms with van der Waals surface area (Å²) in [7, 11) is 0. The number of hydrogen-bond acceptors (Lipinski definition) is 1. The molecule has 1 aromatic rings. The molecule has 1 aromatic carbocycles. The van der Waals surface area contributed by atoms with Gasteiger partial charge in [0.05, 0.1) is 0 Å². The molecule has 0 radical (unpaired) electrons. The van der Waals surface area contributed by atoms with E-state index in [1.165, 1.54) is 12.0 Å². The Labute approximate surface area is 121 Å². The summed E-state index contributed by atoms with van der Waals surface area (Å²) in [5, 5.41) is 2.89. The van der Waals surface area contributed by atoms with Gasteiger partial charge in [0.2, 0.25) is 0 Å². The van der Waals surface area contributed by atoms with Crippen molar-refractivity contribution in [2.45, 2.75) is 52.1 Å². The van der Waals surface area contributed by atoms with Crippen molar-refractivity contribution in [3.05, 3.63) is 41.6 Å². The summed E-state index contributed by atoms with van der Waals surface area (Å²) < 4.78 is 0. The number of hydrogen-bond donors (Lipinski definition) is 1. The molecule has 1 N–H and O–H groups in total. The van der Waals surface area contributed by atoms with Crippen molar-refractivity contribution in [2.75, 3.05) is 0 Å². The Morgan fingerprint density at radius 2 is 2.00 bits per heavy atom. The van der Waals surface area contributed by atoms with Gasteiger partial charge in [0, 0.05) is 18.3 Å². The minimum absolute atomic E-state index is 0.00797. The lowest BCUT2D eigenvalue weighted by Gasteiger charge is -2.38. The van der Waals surface area contributed by atoms with E-state index < -0.39 is 0 Å². The first-order chi connectivity index (χ1) is 9.58. The number of aryl methyl sites for hydroxylation is 1. The fourth-order valence-corrected chi connectivity index (χ4v) is 2.88. The topological polar surface area (TPSA) is 32.3 Å². The third kappa shape index (κ3) is 3.62. The number of carbonyl (C=O) groups is 1. The van der Waals surface area contributed by atoms with Crippen LogP contribution in [0.5, 0.6) is 0 Å². The summed E-state index contributed by atoms with van der Waals surface area (Å²) in [6.45, 7) is 6.31. The minimum Gasteiger partial charge on any atom is -0.319 e. The largest absolute Gasteiger partial charge is 0.321 e. The summed E-state index contributed by atoms with van der Waals surface area (Å²) in [6.07, 6.45) is 7.08. The van der Waals surface area contributed by atoms with Gasteiger partial charge in [-0.2, -0.15) is 0 Å². The second kappa shape index (κ2) is 6.60. The van der Waals surface area contributed by atoms with Gasteiger partial charge in [0.25, 0.3) is 0 Å². The first kappa shape index (κ1) is 14.6. The van der Waals surface area contributed by atoms with Crippen LogP contribution >= 0.6 is 0 Å². The Hall–Kier alpha value is -1.77. The van der Waals surface area contributed by atoms with Crippen molar-refractivity contribution in [3.8, 4) is 0 Å². The summed E-state index contributed by atoms with van der Waals surface area (Å²) in [4.78, 5) is 14.2. The van der Waals surface area contributed by atoms with Gasteiger partial charge >= 0.3 is 6.03 Å². The fourth-order valence-electron chi connectivity index (χ4n) is 2.88. The molecular weight excluding hydrogens is 248 g/mol. The maximum Gasteiger partial charge on any atom is 0.321 e. The highest BCUT2D eigenvalue weighted by Crippen LogP contribution is 2.22. The molecule has 2 atom stereocenters. The Balaban J connectivity index is 1.94. The number of benzene rings is 1. The van der Waals surface area contributed by atoms with E-state index in [2.05, 4.69) is 38.2 Å². The number of carbonyl (C=O) groups excluding carboxylic acids is 1. The Morgan fingerprint density at radius 3 is 2.65 bits per heavy atom. The Kier molecular flexibility index (Phi) is 4.83. The minimum atomic E-state index is 0.00797. The summed E-state index contributed by atoms with van der Waals surface area (Å²) in [5.74, 6) is 0. The van der Waals surface area contributed by atoms with Crippen LogP contribution in [0.25, 0.3) is 6.08 Å². The number of likely N-dealkylation sites (tertiary alicyclic amines) is 1. The van der Waals surface area contributed by atoms with Crippen molar-refractivity contribution >= 4 is 12.1 Å². The number of urea groups is 1. The van der Waals surface area contributed by atoms with E-state index in [9.17, 15) is 4.79 Å². The molecule has 3 heteroatoms. The van der Waals surface area contributed by atoms with Crippen LogP contribution in [0.1, 0.15) is 44.2 Å². The predicted molar refractivity (Wildman–Crippen MR) is 83.4 cm³/mol. The third-order valence-electron chi connectivity index (χ3n) is 3.95. The third-order valence-corrected chi connectivity index (χ3v) is 3.95. The molecule has 1 aliphatic heterocycles. The van der Waals surface area contributed by atoms with Crippen LogP contribution in [0.4, 0.5) is 4.79 Å². The highest BCUT2D eigenvalue weighted by Gasteiger charge is 2.28. The molecule has 1 heterocycles. The first-order valence-electron chi connectivity index (χ1n) is 7.40. The number of nitrogens with one attached hydrogen (secondary N) is 1. The average molecular weight is 272 g/mol. The van der Waals surface area contributed by atoms with E-state index in [0.29, 0.717) is 12.1 Å². The van der Waals surface area contributed by atoms with Crippen LogP contribution in [0, 0.1) is 6.92 Å². The van der Waals surface area contributed by atoms with Crippen LogP contribution in [0.15, 0.2) is 30.5 Å². The lowest BCUT2D eigenvalue weighted by atomic mass is 9.98. The zero-order chi connectivity index (χ0) is 14.5. The van der Waals surface area contributed by atoms with Crippen LogP contribution < -0.4 is 5.32 Å². The van der Waals surface area contributed by atoms with Gasteiger partial charge in [0.1, 0.15) is 0 Å². The maximum absolute atomic E-state index is 12.2. The number of piperidine rings is 1. The van der Waals surface area contributed by atoms with Gasteiger partial charge in [-0.05, 0) is 51.7 Å². The zero-order valence-electron chi connectivity index (χ0n) is 12.6. The van der Waals surface area contributed by atoms with Crippen LogP contribution in [0.3, 0.4) is 0 Å². The quantitative estimate of drug-likeness (QED) is 0.869. The van der Waals surface area contributed by atoms with E-state index in [1.54, 1.807) is 6.20 Å². The molecule has 2 unspecified atom stereocenters. The highest BCUT2D eigenvalue weighted by molar-refractivity contribution is 5.77. The van der Waals surface area contributed by atoms with Gasteiger partial charge in [0.15, 0.2) is 0 Å². The first-order valence-corrected chi connectivity index (χ1v) is 7.40. The normalized spacial score (nSPS) is 23.1. The summed E-state index contributed by atoms with van der Waals surface area (Å²) in [5.41, 5.74) is 2.32. The summed E-state index contributed by atoms with van der Waals surface area (Å²) in [6, 6.07) is 8.86. The van der Waals surface area contributed by atoms with Crippen molar-refractivity contribution in [2.24, 2.45) is 0 Å². The highest BCUT2D eigenvalue weighted by atomic mass is 16.2. The Bertz CT molecular complexity index is 486. The van der Waals surface area contributed by atoms with E-state index in [0.717, 1.165) is 18.4 Å². The molecule has 2 rings (SSSR count). The monoisotopic (exact) mass is 272 g/mol. The second-order valence-corrected chi connectivity index (χ2v) is 5.73. The average Bonchev–Trinajstić information content (AvgIpc) is 2.38. The van der Waals surface area contributed by atoms with E-state index in [4.69, 9.17) is 0 Å². The second-order valence-electron chi connectivity index (χ2n) is 5.73. The smallest absolute Gasteiger partial charge is 0.319 e. The maximum atomic E-state index is 12.2. The summed E-state index contributed by atoms with van der Waals surface area (Å²) >= 11 is 0. The molecule has 1 aliphatic rings. The van der Waals surface area contributed by atoms with Crippen molar-refractivity contribution in [3.63, 3.8) is 0 Å². The van der Waals surface area contributed by atoms with Crippen LogP contribution in [-0.4, -0.2) is 23.0 Å². The molecule has 0 aromatic heterocycles. The zero-order valence-corrected chi connectivity index (χ0v) is 12.6. The van der Waals surface area contributed by atoms with Gasteiger partial charge < -0.3 is 10.2 Å². The standard InChI is InChI=1S/C17H24N2O/c1-13-6-4-9-16(12-13)10-11-18-17(20)19-14(2)7-5-8-15(19)3/h4,6,9-12,14-15H,5,7-8H2,1-3H3,(H,18,20)/b11-10+. The van der Waals surface area contributed by atoms with E-state index >= 15 is 0 Å².